The lowest BCUT2D eigenvalue weighted by molar-refractivity contribution is 0.104. The van der Waals surface area contributed by atoms with Gasteiger partial charge in [0.2, 0.25) is 0 Å². The monoisotopic (exact) mass is 308 g/mol. The molecule has 0 unspecified atom stereocenters. The molecular weight excluding hydrogens is 300 g/mol. The van der Waals surface area contributed by atoms with Gasteiger partial charge in [-0.1, -0.05) is 64.5 Å². The minimum absolute atomic E-state index is 0.117. The fraction of sp³-hybridized carbons (Fsp3) is 0. The molecule has 0 aromatic heterocycles. The van der Waals surface area contributed by atoms with Gasteiger partial charge in [-0.05, 0) is 17.0 Å². The van der Waals surface area contributed by atoms with Crippen LogP contribution >= 0.6 is 15.9 Å². The van der Waals surface area contributed by atoms with Crippen molar-refractivity contribution < 1.29 is 4.79 Å². The summed E-state index contributed by atoms with van der Waals surface area (Å²) in [5.41, 5.74) is 3.73. The zero-order chi connectivity index (χ0) is 13.0. The quantitative estimate of drug-likeness (QED) is 0.455. The Kier molecular flexibility index (Phi) is 2.18. The van der Waals surface area contributed by atoms with Crippen molar-refractivity contribution in [1.29, 1.82) is 0 Å². The third-order valence-electron chi connectivity index (χ3n) is 3.68. The maximum Gasteiger partial charge on any atom is 0.194 e. The van der Waals surface area contributed by atoms with Crippen LogP contribution in [-0.2, 0) is 0 Å². The molecule has 0 saturated heterocycles. The molecule has 1 nitrogen and oxygen atoms in total. The number of hydrogen-bond acceptors (Lipinski definition) is 1. The molecule has 4 rings (SSSR count). The van der Waals surface area contributed by atoms with Gasteiger partial charge in [0.15, 0.2) is 5.78 Å². The SMILES string of the molecule is O=C1c2ccccc2-c2c(Br)ccc3cccc1c23. The van der Waals surface area contributed by atoms with Gasteiger partial charge in [0.05, 0.1) is 0 Å². The third-order valence-corrected chi connectivity index (χ3v) is 4.34. The van der Waals surface area contributed by atoms with Gasteiger partial charge < -0.3 is 0 Å². The van der Waals surface area contributed by atoms with Crippen molar-refractivity contribution >= 4 is 32.5 Å². The lowest BCUT2D eigenvalue weighted by Crippen LogP contribution is -2.09. The third kappa shape index (κ3) is 1.38. The topological polar surface area (TPSA) is 17.1 Å². The molecule has 0 aliphatic heterocycles. The first-order chi connectivity index (χ1) is 9.27. The van der Waals surface area contributed by atoms with E-state index in [9.17, 15) is 4.79 Å². The number of halogens is 1. The molecule has 0 heterocycles. The summed E-state index contributed by atoms with van der Waals surface area (Å²) in [5, 5.41) is 2.17. The first-order valence-corrected chi connectivity index (χ1v) is 6.92. The highest BCUT2D eigenvalue weighted by atomic mass is 79.9. The molecule has 1 aliphatic rings. The highest BCUT2D eigenvalue weighted by Crippen LogP contribution is 2.43. The van der Waals surface area contributed by atoms with E-state index in [0.29, 0.717) is 0 Å². The second kappa shape index (κ2) is 3.78. The van der Waals surface area contributed by atoms with Crippen LogP contribution < -0.4 is 0 Å². The number of ketones is 1. The van der Waals surface area contributed by atoms with Gasteiger partial charge in [-0.3, -0.25) is 4.79 Å². The minimum atomic E-state index is 0.117. The molecule has 3 aromatic carbocycles. The van der Waals surface area contributed by atoms with Gasteiger partial charge >= 0.3 is 0 Å². The normalized spacial score (nSPS) is 12.6. The van der Waals surface area contributed by atoms with E-state index < -0.39 is 0 Å². The predicted molar refractivity (Wildman–Crippen MR) is 80.5 cm³/mol. The van der Waals surface area contributed by atoms with Crippen LogP contribution in [0.15, 0.2) is 59.1 Å². The largest absolute Gasteiger partial charge is 0.289 e. The van der Waals surface area contributed by atoms with E-state index in [1.54, 1.807) is 0 Å². The van der Waals surface area contributed by atoms with Crippen LogP contribution in [0.5, 0.6) is 0 Å². The standard InChI is InChI=1S/C17H9BrO/c18-14-9-8-10-4-3-7-13-15(10)16(14)11-5-1-2-6-12(11)17(13)19/h1-9H. The molecule has 0 N–H and O–H groups in total. The van der Waals surface area contributed by atoms with Crippen molar-refractivity contribution in [1.82, 2.24) is 0 Å². The molecule has 0 radical (unpaired) electrons. The zero-order valence-electron chi connectivity index (χ0n) is 9.98. The number of hydrogen-bond donors (Lipinski definition) is 0. The predicted octanol–water partition coefficient (Wildman–Crippen LogP) is 4.81. The minimum Gasteiger partial charge on any atom is -0.289 e. The van der Waals surface area contributed by atoms with Crippen LogP contribution in [0.25, 0.3) is 21.9 Å². The molecule has 1 aliphatic carbocycles. The van der Waals surface area contributed by atoms with E-state index in [-0.39, 0.29) is 5.78 Å². The smallest absolute Gasteiger partial charge is 0.194 e. The molecular formula is C17H9BrO. The van der Waals surface area contributed by atoms with Crippen LogP contribution in [0.3, 0.4) is 0 Å². The summed E-state index contributed by atoms with van der Waals surface area (Å²) in [4.78, 5) is 12.6. The van der Waals surface area contributed by atoms with Crippen molar-refractivity contribution in [3.05, 3.63) is 70.2 Å². The summed E-state index contributed by atoms with van der Waals surface area (Å²) < 4.78 is 1.03. The Balaban J connectivity index is 2.31. The Morgan fingerprint density at radius 2 is 1.47 bits per heavy atom. The van der Waals surface area contributed by atoms with Gasteiger partial charge in [0.25, 0.3) is 0 Å². The summed E-state index contributed by atoms with van der Waals surface area (Å²) in [6.07, 6.45) is 0. The Morgan fingerprint density at radius 3 is 2.32 bits per heavy atom. The van der Waals surface area contributed by atoms with Crippen molar-refractivity contribution in [2.75, 3.05) is 0 Å². The van der Waals surface area contributed by atoms with Crippen LogP contribution in [-0.4, -0.2) is 5.78 Å². The maximum atomic E-state index is 12.6. The second-order valence-electron chi connectivity index (χ2n) is 4.70. The molecule has 2 heteroatoms. The highest BCUT2D eigenvalue weighted by Gasteiger charge is 2.25. The average Bonchev–Trinajstić information content (AvgIpc) is 2.45. The Labute approximate surface area is 119 Å². The van der Waals surface area contributed by atoms with Gasteiger partial charge in [-0.25, -0.2) is 0 Å². The second-order valence-corrected chi connectivity index (χ2v) is 5.56. The Bertz CT molecular complexity index is 849. The van der Waals surface area contributed by atoms with Crippen molar-refractivity contribution in [2.45, 2.75) is 0 Å². The van der Waals surface area contributed by atoms with Crippen molar-refractivity contribution in [3.63, 3.8) is 0 Å². The van der Waals surface area contributed by atoms with E-state index in [0.717, 1.165) is 37.5 Å². The molecule has 90 valence electrons. The fourth-order valence-corrected chi connectivity index (χ4v) is 3.39. The summed E-state index contributed by atoms with van der Waals surface area (Å²) in [5.74, 6) is 0.117. The van der Waals surface area contributed by atoms with E-state index >= 15 is 0 Å². The van der Waals surface area contributed by atoms with Crippen LogP contribution in [0.2, 0.25) is 0 Å². The molecule has 0 spiro atoms. The molecule has 0 atom stereocenters. The lowest BCUT2D eigenvalue weighted by Gasteiger charge is -2.20. The van der Waals surface area contributed by atoms with Gasteiger partial charge in [-0.15, -0.1) is 0 Å². The maximum absolute atomic E-state index is 12.6. The summed E-state index contributed by atoms with van der Waals surface area (Å²) in [7, 11) is 0. The molecule has 19 heavy (non-hydrogen) atoms. The zero-order valence-corrected chi connectivity index (χ0v) is 11.6. The summed E-state index contributed by atoms with van der Waals surface area (Å²) in [6, 6.07) is 17.8. The number of fused-ring (bicyclic) bond motifs is 2. The Hall–Kier alpha value is -1.93. The molecule has 3 aromatic rings. The van der Waals surface area contributed by atoms with E-state index in [1.807, 2.05) is 48.5 Å². The number of carbonyl (C=O) groups excluding carboxylic acids is 1. The molecule has 0 amide bonds. The molecule has 0 saturated carbocycles. The Morgan fingerprint density at radius 1 is 0.737 bits per heavy atom. The average molecular weight is 309 g/mol. The number of carbonyl (C=O) groups is 1. The summed E-state index contributed by atoms with van der Waals surface area (Å²) >= 11 is 3.62. The van der Waals surface area contributed by atoms with Gasteiger partial charge in [0.1, 0.15) is 0 Å². The van der Waals surface area contributed by atoms with E-state index in [4.69, 9.17) is 0 Å². The number of benzene rings is 3. The van der Waals surface area contributed by atoms with E-state index in [1.165, 1.54) is 0 Å². The van der Waals surface area contributed by atoms with Crippen molar-refractivity contribution in [3.8, 4) is 11.1 Å². The van der Waals surface area contributed by atoms with Gasteiger partial charge in [-0.2, -0.15) is 0 Å². The van der Waals surface area contributed by atoms with Crippen molar-refractivity contribution in [2.24, 2.45) is 0 Å². The van der Waals surface area contributed by atoms with E-state index in [2.05, 4.69) is 22.0 Å². The fourth-order valence-electron chi connectivity index (χ4n) is 2.85. The molecule has 0 fully saturated rings. The first-order valence-electron chi connectivity index (χ1n) is 6.13. The first kappa shape index (κ1) is 10.9. The van der Waals surface area contributed by atoms with Crippen LogP contribution in [0.1, 0.15) is 15.9 Å². The lowest BCUT2D eigenvalue weighted by atomic mass is 9.83. The van der Waals surface area contributed by atoms with Gasteiger partial charge in [0, 0.05) is 26.5 Å². The van der Waals surface area contributed by atoms with Crippen LogP contribution in [0, 0.1) is 0 Å². The summed E-state index contributed by atoms with van der Waals surface area (Å²) in [6.45, 7) is 0. The van der Waals surface area contributed by atoms with Crippen LogP contribution in [0.4, 0.5) is 0 Å². The highest BCUT2D eigenvalue weighted by molar-refractivity contribution is 9.10. The number of rotatable bonds is 0. The molecule has 0 bridgehead atoms.